The van der Waals surface area contributed by atoms with Crippen LogP contribution in [0.1, 0.15) is 12.8 Å². The van der Waals surface area contributed by atoms with Gasteiger partial charge in [-0.15, -0.1) is 6.58 Å². The highest BCUT2D eigenvalue weighted by Crippen LogP contribution is 2.19. The van der Waals surface area contributed by atoms with Gasteiger partial charge in [0.2, 0.25) is 0 Å². The van der Waals surface area contributed by atoms with Crippen LogP contribution in [0, 0.1) is 0 Å². The quantitative estimate of drug-likeness (QED) is 0.570. The number of thioether (sulfide) groups is 1. The summed E-state index contributed by atoms with van der Waals surface area (Å²) in [6.45, 7) is 4.87. The van der Waals surface area contributed by atoms with Crippen LogP contribution in [0.5, 0.6) is 0 Å². The minimum atomic E-state index is -4.07. The van der Waals surface area contributed by atoms with Gasteiger partial charge < -0.3 is 5.32 Å². The Labute approximate surface area is 111 Å². The van der Waals surface area contributed by atoms with Crippen LogP contribution in [0.4, 0.5) is 13.2 Å². The van der Waals surface area contributed by atoms with Gasteiger partial charge in [0.05, 0.1) is 6.54 Å². The molecule has 6 heteroatoms. The van der Waals surface area contributed by atoms with Gasteiger partial charge in [-0.05, 0) is 25.9 Å². The van der Waals surface area contributed by atoms with Crippen molar-refractivity contribution in [2.45, 2.75) is 25.1 Å². The van der Waals surface area contributed by atoms with Gasteiger partial charge in [0.25, 0.3) is 0 Å². The van der Waals surface area contributed by atoms with E-state index in [2.05, 4.69) is 11.9 Å². The lowest BCUT2D eigenvalue weighted by atomic mass is 10.1. The molecule has 0 aromatic carbocycles. The molecule has 0 aromatic heterocycles. The molecule has 0 saturated carbocycles. The van der Waals surface area contributed by atoms with Crippen molar-refractivity contribution < 1.29 is 13.2 Å². The van der Waals surface area contributed by atoms with Gasteiger partial charge >= 0.3 is 6.18 Å². The second kappa shape index (κ2) is 8.07. The van der Waals surface area contributed by atoms with Crippen molar-refractivity contribution in [3.8, 4) is 0 Å². The third kappa shape index (κ3) is 7.28. The number of hydrogen-bond acceptors (Lipinski definition) is 3. The van der Waals surface area contributed by atoms with Gasteiger partial charge in [-0.3, -0.25) is 4.90 Å². The summed E-state index contributed by atoms with van der Waals surface area (Å²) in [7, 11) is 0. The van der Waals surface area contributed by atoms with Gasteiger partial charge in [0.15, 0.2) is 0 Å². The highest BCUT2D eigenvalue weighted by atomic mass is 32.2. The summed E-state index contributed by atoms with van der Waals surface area (Å²) >= 11 is 1.81. The Morgan fingerprint density at radius 1 is 1.33 bits per heavy atom. The fourth-order valence-electron chi connectivity index (χ4n) is 2.05. The Morgan fingerprint density at radius 3 is 2.56 bits per heavy atom. The molecule has 2 nitrogen and oxygen atoms in total. The van der Waals surface area contributed by atoms with Crippen molar-refractivity contribution in [3.05, 3.63) is 12.7 Å². The molecule has 1 rings (SSSR count). The molecule has 0 bridgehead atoms. The fourth-order valence-corrected chi connectivity index (χ4v) is 2.65. The lowest BCUT2D eigenvalue weighted by Crippen LogP contribution is -2.45. The summed E-state index contributed by atoms with van der Waals surface area (Å²) in [4.78, 5) is 1.49. The molecule has 0 aliphatic carbocycles. The second-order valence-corrected chi connectivity index (χ2v) is 5.63. The monoisotopic (exact) mass is 282 g/mol. The molecule has 1 N–H and O–H groups in total. The molecule has 1 saturated heterocycles. The predicted octanol–water partition coefficient (Wildman–Crippen LogP) is 2.52. The summed E-state index contributed by atoms with van der Waals surface area (Å²) in [5, 5.41) is 3.40. The van der Waals surface area contributed by atoms with Crippen molar-refractivity contribution in [2.75, 3.05) is 37.7 Å². The van der Waals surface area contributed by atoms with E-state index in [1.165, 1.54) is 4.90 Å². The van der Waals surface area contributed by atoms with E-state index in [1.807, 2.05) is 17.8 Å². The number of nitrogens with one attached hydrogen (secondary N) is 1. The maximum atomic E-state index is 12.2. The second-order valence-electron chi connectivity index (χ2n) is 4.48. The standard InChI is InChI=1S/C12H21F3N2S/c1-2-8-18-9-5-16-11-3-6-17(7-4-11)10-12(13,14)15/h2,11,16H,1,3-10H2. The summed E-state index contributed by atoms with van der Waals surface area (Å²) in [6, 6.07) is 0.374. The first-order chi connectivity index (χ1) is 8.51. The Hall–Kier alpha value is -0.200. The van der Waals surface area contributed by atoms with Gasteiger partial charge in [-0.2, -0.15) is 24.9 Å². The van der Waals surface area contributed by atoms with Crippen LogP contribution in [-0.2, 0) is 0 Å². The lowest BCUT2D eigenvalue weighted by Gasteiger charge is -2.32. The van der Waals surface area contributed by atoms with Crippen LogP contribution < -0.4 is 5.32 Å². The molecule has 1 aliphatic rings. The molecular weight excluding hydrogens is 261 g/mol. The summed E-state index contributed by atoms with van der Waals surface area (Å²) in [5.41, 5.74) is 0. The number of halogens is 3. The molecule has 1 fully saturated rings. The fraction of sp³-hybridized carbons (Fsp3) is 0.833. The zero-order valence-corrected chi connectivity index (χ0v) is 11.3. The van der Waals surface area contributed by atoms with Crippen molar-refractivity contribution >= 4 is 11.8 Å². The van der Waals surface area contributed by atoms with Crippen LogP contribution in [0.2, 0.25) is 0 Å². The summed E-state index contributed by atoms with van der Waals surface area (Å²) in [5.74, 6) is 1.97. The maximum Gasteiger partial charge on any atom is 0.401 e. The van der Waals surface area contributed by atoms with Crippen LogP contribution >= 0.6 is 11.8 Å². The lowest BCUT2D eigenvalue weighted by molar-refractivity contribution is -0.148. The topological polar surface area (TPSA) is 15.3 Å². The highest BCUT2D eigenvalue weighted by Gasteiger charge is 2.32. The number of hydrogen-bond donors (Lipinski definition) is 1. The molecule has 0 amide bonds. The zero-order valence-electron chi connectivity index (χ0n) is 10.5. The molecule has 106 valence electrons. The summed E-state index contributed by atoms with van der Waals surface area (Å²) < 4.78 is 36.6. The Bertz CT molecular complexity index is 238. The predicted molar refractivity (Wildman–Crippen MR) is 71.0 cm³/mol. The van der Waals surface area contributed by atoms with E-state index in [0.29, 0.717) is 19.1 Å². The van der Waals surface area contributed by atoms with Crippen molar-refractivity contribution in [2.24, 2.45) is 0 Å². The Morgan fingerprint density at radius 2 is 2.00 bits per heavy atom. The highest BCUT2D eigenvalue weighted by molar-refractivity contribution is 7.99. The number of nitrogens with zero attached hydrogens (tertiary/aromatic N) is 1. The van der Waals surface area contributed by atoms with Gasteiger partial charge in [-0.25, -0.2) is 0 Å². The van der Waals surface area contributed by atoms with Crippen molar-refractivity contribution in [1.82, 2.24) is 10.2 Å². The van der Waals surface area contributed by atoms with E-state index < -0.39 is 12.7 Å². The number of alkyl halides is 3. The van der Waals surface area contributed by atoms with E-state index in [1.54, 1.807) is 0 Å². The summed E-state index contributed by atoms with van der Waals surface area (Å²) in [6.07, 6.45) is -0.577. The van der Waals surface area contributed by atoms with Crippen molar-refractivity contribution in [1.29, 1.82) is 0 Å². The van der Waals surface area contributed by atoms with Crippen LogP contribution in [0.25, 0.3) is 0 Å². The van der Waals surface area contributed by atoms with E-state index in [0.717, 1.165) is 30.9 Å². The average Bonchev–Trinajstić information content (AvgIpc) is 2.29. The number of rotatable bonds is 7. The maximum absolute atomic E-state index is 12.2. The third-order valence-corrected chi connectivity index (χ3v) is 3.87. The van der Waals surface area contributed by atoms with Crippen LogP contribution in [0.3, 0.4) is 0 Å². The molecule has 0 radical (unpaired) electrons. The first kappa shape index (κ1) is 15.9. The average molecular weight is 282 g/mol. The number of likely N-dealkylation sites (tertiary alicyclic amines) is 1. The molecule has 18 heavy (non-hydrogen) atoms. The van der Waals surface area contributed by atoms with Crippen LogP contribution in [-0.4, -0.2) is 54.8 Å². The molecular formula is C12H21F3N2S. The largest absolute Gasteiger partial charge is 0.401 e. The normalized spacial score (nSPS) is 19.1. The SMILES string of the molecule is C=CCSCCNC1CCN(CC(F)(F)F)CC1. The minimum absolute atomic E-state index is 0.374. The smallest absolute Gasteiger partial charge is 0.313 e. The van der Waals surface area contributed by atoms with E-state index in [4.69, 9.17) is 0 Å². The Balaban J connectivity index is 2.06. The van der Waals surface area contributed by atoms with E-state index in [9.17, 15) is 13.2 Å². The molecule has 0 atom stereocenters. The van der Waals surface area contributed by atoms with Gasteiger partial charge in [-0.1, -0.05) is 6.08 Å². The van der Waals surface area contributed by atoms with Crippen LogP contribution in [0.15, 0.2) is 12.7 Å². The van der Waals surface area contributed by atoms with Gasteiger partial charge in [0, 0.05) is 24.1 Å². The molecule has 0 spiro atoms. The molecule has 0 aromatic rings. The zero-order chi connectivity index (χ0) is 13.4. The van der Waals surface area contributed by atoms with Gasteiger partial charge in [0.1, 0.15) is 0 Å². The Kier molecular flexibility index (Phi) is 7.11. The third-order valence-electron chi connectivity index (χ3n) is 2.91. The molecule has 0 unspecified atom stereocenters. The first-order valence-electron chi connectivity index (χ1n) is 6.22. The van der Waals surface area contributed by atoms with E-state index >= 15 is 0 Å². The molecule has 1 aliphatic heterocycles. The minimum Gasteiger partial charge on any atom is -0.313 e. The molecule has 1 heterocycles. The number of piperidine rings is 1. The first-order valence-corrected chi connectivity index (χ1v) is 7.38. The van der Waals surface area contributed by atoms with Crippen molar-refractivity contribution in [3.63, 3.8) is 0 Å². The van der Waals surface area contributed by atoms with E-state index in [-0.39, 0.29) is 0 Å².